The fraction of sp³-hybridized carbons (Fsp3) is 0.564. The summed E-state index contributed by atoms with van der Waals surface area (Å²) < 4.78 is 40.4. The van der Waals surface area contributed by atoms with Crippen LogP contribution >= 0.6 is 17.2 Å². The minimum absolute atomic E-state index is 0.00767. The van der Waals surface area contributed by atoms with Gasteiger partial charge >= 0.3 is 17.2 Å². The van der Waals surface area contributed by atoms with Crippen LogP contribution in [0.1, 0.15) is 117 Å². The van der Waals surface area contributed by atoms with Gasteiger partial charge in [-0.1, -0.05) is 191 Å². The van der Waals surface area contributed by atoms with Crippen molar-refractivity contribution in [2.75, 3.05) is 26.4 Å². The topological polar surface area (TPSA) is 55.4 Å². The van der Waals surface area contributed by atoms with Crippen LogP contribution in [0.4, 0.5) is 0 Å². The van der Waals surface area contributed by atoms with E-state index < -0.39 is 22.6 Å². The number of rotatable bonds is 12. The van der Waals surface area contributed by atoms with E-state index in [0.29, 0.717) is 50.1 Å². The lowest BCUT2D eigenvalue weighted by molar-refractivity contribution is -0.103. The Morgan fingerprint density at radius 2 is 0.683 bits per heavy atom. The number of benzene rings is 4. The smallest absolute Gasteiger partial charge is 0.311 e. The number of hydrogen-bond donors (Lipinski definition) is 0. The van der Waals surface area contributed by atoms with E-state index in [1.54, 1.807) is 0 Å². The maximum absolute atomic E-state index is 7.06. The quantitative estimate of drug-likeness (QED) is 0.132. The highest BCUT2D eigenvalue weighted by atomic mass is 31.2. The summed E-state index contributed by atoms with van der Waals surface area (Å²) in [6.45, 7) is 26.0. The molecule has 1 spiro atoms. The molecule has 2 aliphatic heterocycles. The third-order valence-corrected chi connectivity index (χ3v) is 18.8. The first-order valence-electron chi connectivity index (χ1n) is 23.7. The highest BCUT2D eigenvalue weighted by molar-refractivity contribution is 7.42. The Morgan fingerprint density at radius 3 is 0.968 bits per heavy atom. The average Bonchev–Trinajstić information content (AvgIpc) is 3.30. The molecule has 4 aromatic carbocycles. The van der Waals surface area contributed by atoms with E-state index in [2.05, 4.69) is 191 Å². The molecule has 63 heavy (non-hydrogen) atoms. The van der Waals surface area contributed by atoms with Crippen LogP contribution < -0.4 is 0 Å². The second-order valence-corrected chi connectivity index (χ2v) is 24.4. The summed E-state index contributed by atoms with van der Waals surface area (Å²) in [5.74, 6) is 2.18. The predicted molar refractivity (Wildman–Crippen MR) is 258 cm³/mol. The molecule has 6 nitrogen and oxygen atoms in total. The minimum atomic E-state index is -1.54. The summed E-state index contributed by atoms with van der Waals surface area (Å²) in [5, 5.41) is 0. The fourth-order valence-electron chi connectivity index (χ4n) is 11.8. The van der Waals surface area contributed by atoms with E-state index >= 15 is 0 Å². The zero-order chi connectivity index (χ0) is 44.6. The van der Waals surface area contributed by atoms with Crippen LogP contribution in [0.5, 0.6) is 0 Å². The highest BCUT2D eigenvalue weighted by Crippen LogP contribution is 2.60. The van der Waals surface area contributed by atoms with E-state index in [-0.39, 0.29) is 45.7 Å². The van der Waals surface area contributed by atoms with Crippen LogP contribution in [0.2, 0.25) is 0 Å². The maximum atomic E-state index is 7.06. The molecule has 2 heterocycles. The van der Waals surface area contributed by atoms with E-state index in [4.69, 9.17) is 27.1 Å². The van der Waals surface area contributed by atoms with E-state index in [1.807, 2.05) is 0 Å². The molecule has 0 aromatic heterocycles. The normalized spacial score (nSPS) is 32.3. The molecule has 4 aliphatic rings. The molecule has 8 heteroatoms. The van der Waals surface area contributed by atoms with Gasteiger partial charge in [0.05, 0.1) is 44.1 Å². The molecule has 4 fully saturated rings. The molecular formula is C55H74O6P2. The summed E-state index contributed by atoms with van der Waals surface area (Å²) in [6.07, 6.45) is 4.27. The summed E-state index contributed by atoms with van der Waals surface area (Å²) >= 11 is 0. The van der Waals surface area contributed by atoms with E-state index in [1.165, 1.54) is 22.3 Å². The molecule has 0 radical (unpaired) electrons. The van der Waals surface area contributed by atoms with Gasteiger partial charge in [-0.25, -0.2) is 0 Å². The van der Waals surface area contributed by atoms with Gasteiger partial charge in [0.15, 0.2) is 0 Å². The van der Waals surface area contributed by atoms with Crippen molar-refractivity contribution in [3.8, 4) is 0 Å². The van der Waals surface area contributed by atoms with Crippen molar-refractivity contribution in [2.45, 2.75) is 129 Å². The average molecular weight is 893 g/mol. The zero-order valence-corrected chi connectivity index (χ0v) is 41.5. The molecule has 8 rings (SSSR count). The molecule has 2 saturated carbocycles. The zero-order valence-electron chi connectivity index (χ0n) is 39.7. The highest BCUT2D eigenvalue weighted by Gasteiger charge is 2.53. The van der Waals surface area contributed by atoms with Gasteiger partial charge in [-0.3, -0.25) is 0 Å². The van der Waals surface area contributed by atoms with Crippen molar-refractivity contribution in [1.29, 1.82) is 0 Å². The van der Waals surface area contributed by atoms with Crippen molar-refractivity contribution in [3.63, 3.8) is 0 Å². The van der Waals surface area contributed by atoms with Crippen molar-refractivity contribution < 1.29 is 27.1 Å². The molecule has 0 N–H and O–H groups in total. The Hall–Kier alpha value is -2.50. The molecule has 8 unspecified atom stereocenters. The monoisotopic (exact) mass is 892 g/mol. The Balaban J connectivity index is 0.925. The lowest BCUT2D eigenvalue weighted by Gasteiger charge is -2.52. The van der Waals surface area contributed by atoms with Crippen LogP contribution in [0.25, 0.3) is 0 Å². The molecule has 340 valence electrons. The molecule has 2 saturated heterocycles. The van der Waals surface area contributed by atoms with Gasteiger partial charge in [0, 0.05) is 0 Å². The lowest BCUT2D eigenvalue weighted by Crippen LogP contribution is -2.50. The number of hydrogen-bond acceptors (Lipinski definition) is 6. The summed E-state index contributed by atoms with van der Waals surface area (Å²) in [5.41, 5.74) is 4.90. The van der Waals surface area contributed by atoms with Gasteiger partial charge < -0.3 is 27.1 Å². The summed E-state index contributed by atoms with van der Waals surface area (Å²) in [7, 11) is -3.08. The van der Waals surface area contributed by atoms with Gasteiger partial charge in [-0.05, 0) is 105 Å². The third kappa shape index (κ3) is 9.83. The Morgan fingerprint density at radius 1 is 0.413 bits per heavy atom. The SMILES string of the molecule is CC1CC(C(C)(C)c2ccccc2)CC(C(C)(C)c2ccccc2)C1OP1OCC2(CO1)COP(OC1C(C)CC(C(C)(C)c3ccccc3)CC1C(C)(C)c1ccccc1)OC2. The molecule has 8 atom stereocenters. The third-order valence-electron chi connectivity index (χ3n) is 16.6. The molecule has 2 aliphatic carbocycles. The van der Waals surface area contributed by atoms with Gasteiger partial charge in [0.1, 0.15) is 0 Å². The van der Waals surface area contributed by atoms with Crippen molar-refractivity contribution in [1.82, 2.24) is 0 Å². The van der Waals surface area contributed by atoms with Crippen LogP contribution in [0, 0.1) is 40.9 Å². The van der Waals surface area contributed by atoms with Gasteiger partial charge in [0.2, 0.25) is 0 Å². The lowest BCUT2D eigenvalue weighted by atomic mass is 9.56. The molecule has 0 amide bonds. The molecule has 4 aromatic rings. The van der Waals surface area contributed by atoms with Gasteiger partial charge in [0.25, 0.3) is 0 Å². The van der Waals surface area contributed by atoms with Crippen molar-refractivity contribution in [2.24, 2.45) is 40.9 Å². The Kier molecular flexibility index (Phi) is 14.2. The second kappa shape index (κ2) is 19.0. The van der Waals surface area contributed by atoms with Crippen LogP contribution in [0.3, 0.4) is 0 Å². The summed E-state index contributed by atoms with van der Waals surface area (Å²) in [4.78, 5) is 0. The molecule has 0 bridgehead atoms. The largest absolute Gasteiger partial charge is 0.332 e. The maximum Gasteiger partial charge on any atom is 0.332 e. The first-order valence-corrected chi connectivity index (χ1v) is 25.9. The van der Waals surface area contributed by atoms with Crippen LogP contribution in [-0.2, 0) is 48.8 Å². The van der Waals surface area contributed by atoms with Crippen molar-refractivity contribution in [3.05, 3.63) is 144 Å². The Labute approximate surface area is 382 Å². The summed E-state index contributed by atoms with van der Waals surface area (Å²) in [6, 6.07) is 44.1. The van der Waals surface area contributed by atoms with E-state index in [9.17, 15) is 0 Å². The van der Waals surface area contributed by atoms with E-state index in [0.717, 1.165) is 25.7 Å². The predicted octanol–water partition coefficient (Wildman–Crippen LogP) is 14.5. The first kappa shape index (κ1) is 47.0. The standard InChI is InChI=1S/C55H74O6P2/c1-39-31-45(51(3,4)41-23-15-11-16-24-41)33-47(53(7,8)43-27-19-13-20-28-43)49(39)60-62-56-35-55(36-57-62)37-58-63(59-38-55)61-50-40(2)32-46(52(5,6)42-25-17-12-18-26-42)34-48(50)54(9,10)44-29-21-14-22-30-44/h11-30,39-40,45-50H,31-38H2,1-10H3. The first-order chi connectivity index (χ1) is 30.0. The fourth-order valence-corrected chi connectivity index (χ4v) is 14.8. The second-order valence-electron chi connectivity index (χ2n) is 22.0. The Bertz CT molecular complexity index is 1890. The van der Waals surface area contributed by atoms with Crippen LogP contribution in [0.15, 0.2) is 121 Å². The van der Waals surface area contributed by atoms with Crippen LogP contribution in [-0.4, -0.2) is 38.6 Å². The molecular weight excluding hydrogens is 819 g/mol. The minimum Gasteiger partial charge on any atom is -0.311 e. The van der Waals surface area contributed by atoms with Crippen molar-refractivity contribution >= 4 is 17.2 Å². The van der Waals surface area contributed by atoms with Gasteiger partial charge in [-0.15, -0.1) is 0 Å². The van der Waals surface area contributed by atoms with Gasteiger partial charge in [-0.2, -0.15) is 0 Å².